The van der Waals surface area contributed by atoms with Crippen molar-refractivity contribution >= 4 is 40.2 Å². The van der Waals surface area contributed by atoms with Crippen molar-refractivity contribution in [3.8, 4) is 0 Å². The van der Waals surface area contributed by atoms with E-state index >= 15 is 0 Å². The van der Waals surface area contributed by atoms with Gasteiger partial charge >= 0.3 is 0 Å². The van der Waals surface area contributed by atoms with Crippen molar-refractivity contribution in [2.45, 2.75) is 6.92 Å². The van der Waals surface area contributed by atoms with Crippen molar-refractivity contribution in [2.24, 2.45) is 0 Å². The third-order valence-corrected chi connectivity index (χ3v) is 5.23. The van der Waals surface area contributed by atoms with Crippen molar-refractivity contribution in [1.82, 2.24) is 24.8 Å². The molecule has 1 aliphatic heterocycles. The SMILES string of the molecule is Cc1ccc(Nc2nc(N3CCN(CCO)CC3)nc3nccnc23)cc1Cl. The maximum Gasteiger partial charge on any atom is 0.229 e. The molecule has 1 aliphatic rings. The molecule has 4 rings (SSSR count). The van der Waals surface area contributed by atoms with E-state index in [0.717, 1.165) is 37.4 Å². The highest BCUT2D eigenvalue weighted by atomic mass is 35.5. The maximum atomic E-state index is 9.12. The Kier molecular flexibility index (Phi) is 5.52. The van der Waals surface area contributed by atoms with Gasteiger partial charge in [-0.3, -0.25) is 4.90 Å². The van der Waals surface area contributed by atoms with Crippen LogP contribution in [0.2, 0.25) is 5.02 Å². The number of aliphatic hydroxyl groups excluding tert-OH is 1. The average molecular weight is 400 g/mol. The summed E-state index contributed by atoms with van der Waals surface area (Å²) in [6.07, 6.45) is 3.26. The first kappa shape index (κ1) is 18.8. The van der Waals surface area contributed by atoms with Crippen LogP contribution in [0.25, 0.3) is 11.2 Å². The van der Waals surface area contributed by atoms with Gasteiger partial charge in [0.15, 0.2) is 17.0 Å². The largest absolute Gasteiger partial charge is 0.395 e. The summed E-state index contributed by atoms with van der Waals surface area (Å²) in [5.41, 5.74) is 3.01. The molecule has 0 radical (unpaired) electrons. The molecule has 2 N–H and O–H groups in total. The highest BCUT2D eigenvalue weighted by Gasteiger charge is 2.21. The topological polar surface area (TPSA) is 90.3 Å². The van der Waals surface area contributed by atoms with Crippen molar-refractivity contribution in [2.75, 3.05) is 49.5 Å². The summed E-state index contributed by atoms with van der Waals surface area (Å²) in [5.74, 6) is 1.23. The molecule has 8 nitrogen and oxygen atoms in total. The lowest BCUT2D eigenvalue weighted by atomic mass is 10.2. The summed E-state index contributed by atoms with van der Waals surface area (Å²) in [6, 6.07) is 5.79. The summed E-state index contributed by atoms with van der Waals surface area (Å²) in [7, 11) is 0. The Morgan fingerprint density at radius 2 is 1.89 bits per heavy atom. The van der Waals surface area contributed by atoms with Crippen LogP contribution in [-0.4, -0.2) is 69.3 Å². The number of aromatic nitrogens is 4. The van der Waals surface area contributed by atoms with Crippen LogP contribution in [0.15, 0.2) is 30.6 Å². The Morgan fingerprint density at radius 3 is 2.64 bits per heavy atom. The molecular formula is C19H22ClN7O. The second-order valence-corrected chi connectivity index (χ2v) is 7.15. The lowest BCUT2D eigenvalue weighted by molar-refractivity contribution is 0.188. The van der Waals surface area contributed by atoms with Gasteiger partial charge in [0.05, 0.1) is 6.61 Å². The molecule has 2 aromatic heterocycles. The molecule has 0 spiro atoms. The van der Waals surface area contributed by atoms with Crippen LogP contribution in [0.1, 0.15) is 5.56 Å². The molecule has 3 heterocycles. The van der Waals surface area contributed by atoms with Crippen LogP contribution in [0.4, 0.5) is 17.5 Å². The van der Waals surface area contributed by atoms with Crippen molar-refractivity contribution < 1.29 is 5.11 Å². The third kappa shape index (κ3) is 3.99. The van der Waals surface area contributed by atoms with E-state index in [-0.39, 0.29) is 6.61 Å². The molecule has 3 aromatic rings. The molecule has 0 atom stereocenters. The maximum absolute atomic E-state index is 9.12. The van der Waals surface area contributed by atoms with Gasteiger partial charge in [-0.1, -0.05) is 17.7 Å². The van der Waals surface area contributed by atoms with Gasteiger partial charge < -0.3 is 15.3 Å². The first-order valence-corrected chi connectivity index (χ1v) is 9.62. The van der Waals surface area contributed by atoms with E-state index < -0.39 is 0 Å². The second kappa shape index (κ2) is 8.22. The van der Waals surface area contributed by atoms with E-state index in [1.54, 1.807) is 12.4 Å². The molecule has 9 heteroatoms. The van der Waals surface area contributed by atoms with Crippen LogP contribution >= 0.6 is 11.6 Å². The van der Waals surface area contributed by atoms with E-state index in [2.05, 4.69) is 30.1 Å². The number of fused-ring (bicyclic) bond motifs is 1. The number of piperazine rings is 1. The molecule has 28 heavy (non-hydrogen) atoms. The summed E-state index contributed by atoms with van der Waals surface area (Å²) >= 11 is 6.26. The van der Waals surface area contributed by atoms with Gasteiger partial charge in [-0.15, -0.1) is 0 Å². The molecule has 0 saturated carbocycles. The van der Waals surface area contributed by atoms with E-state index in [1.807, 2.05) is 25.1 Å². The molecule has 1 fully saturated rings. The lowest BCUT2D eigenvalue weighted by Gasteiger charge is -2.34. The van der Waals surface area contributed by atoms with Crippen LogP contribution in [0, 0.1) is 6.92 Å². The Bertz CT molecular complexity index is 976. The third-order valence-electron chi connectivity index (χ3n) is 4.83. The molecule has 0 amide bonds. The minimum absolute atomic E-state index is 0.176. The Labute approximate surface area is 168 Å². The number of benzene rings is 1. The van der Waals surface area contributed by atoms with Crippen molar-refractivity contribution in [3.05, 3.63) is 41.2 Å². The van der Waals surface area contributed by atoms with E-state index in [0.29, 0.717) is 34.5 Å². The fourth-order valence-corrected chi connectivity index (χ4v) is 3.38. The quantitative estimate of drug-likeness (QED) is 0.675. The second-order valence-electron chi connectivity index (χ2n) is 6.74. The number of aliphatic hydroxyl groups is 1. The first-order chi connectivity index (χ1) is 13.6. The molecule has 0 unspecified atom stereocenters. The van der Waals surface area contributed by atoms with Crippen molar-refractivity contribution in [1.29, 1.82) is 0 Å². The predicted molar refractivity (Wildman–Crippen MR) is 110 cm³/mol. The number of halogens is 1. The number of aryl methyl sites for hydroxylation is 1. The van der Waals surface area contributed by atoms with Gasteiger partial charge in [-0.25, -0.2) is 9.97 Å². The number of rotatable bonds is 5. The van der Waals surface area contributed by atoms with E-state index in [4.69, 9.17) is 21.7 Å². The molecule has 0 bridgehead atoms. The van der Waals surface area contributed by atoms with Gasteiger partial charge in [0.25, 0.3) is 0 Å². The van der Waals surface area contributed by atoms with Crippen LogP contribution < -0.4 is 10.2 Å². The van der Waals surface area contributed by atoms with Crippen LogP contribution in [0.3, 0.4) is 0 Å². The zero-order valence-electron chi connectivity index (χ0n) is 15.6. The normalized spacial score (nSPS) is 15.2. The average Bonchev–Trinajstić information content (AvgIpc) is 2.71. The number of nitrogens with one attached hydrogen (secondary N) is 1. The van der Waals surface area contributed by atoms with E-state index in [9.17, 15) is 0 Å². The number of hydrogen-bond donors (Lipinski definition) is 2. The summed E-state index contributed by atoms with van der Waals surface area (Å²) < 4.78 is 0. The Morgan fingerprint density at radius 1 is 1.11 bits per heavy atom. The lowest BCUT2D eigenvalue weighted by Crippen LogP contribution is -2.47. The zero-order valence-corrected chi connectivity index (χ0v) is 16.4. The first-order valence-electron chi connectivity index (χ1n) is 9.24. The number of hydrogen-bond acceptors (Lipinski definition) is 8. The van der Waals surface area contributed by atoms with E-state index in [1.165, 1.54) is 0 Å². The standard InChI is InChI=1S/C19H22ClN7O/c1-13-2-3-14(12-15(13)20)23-18-16-17(22-5-4-21-16)24-19(25-18)27-8-6-26(7-9-27)10-11-28/h2-5,12,28H,6-11H2,1H3,(H,22,23,24,25). The molecule has 1 saturated heterocycles. The highest BCUT2D eigenvalue weighted by Crippen LogP contribution is 2.27. The Balaban J connectivity index is 1.65. The number of β-amino-alcohol motifs (C(OH)–C–C–N with tert-alkyl or cyclic N) is 1. The number of nitrogens with zero attached hydrogens (tertiary/aromatic N) is 6. The summed E-state index contributed by atoms with van der Waals surface area (Å²) in [5, 5.41) is 13.1. The summed E-state index contributed by atoms with van der Waals surface area (Å²) in [4.78, 5) is 22.5. The smallest absolute Gasteiger partial charge is 0.229 e. The fraction of sp³-hybridized carbons (Fsp3) is 0.368. The van der Waals surface area contributed by atoms with Gasteiger partial charge in [0.1, 0.15) is 0 Å². The number of anilines is 3. The Hall–Kier alpha value is -2.55. The van der Waals surface area contributed by atoms with Gasteiger partial charge in [-0.05, 0) is 24.6 Å². The zero-order chi connectivity index (χ0) is 19.5. The molecule has 0 aliphatic carbocycles. The van der Waals surface area contributed by atoms with Crippen LogP contribution in [0.5, 0.6) is 0 Å². The van der Waals surface area contributed by atoms with Gasteiger partial charge in [-0.2, -0.15) is 9.97 Å². The van der Waals surface area contributed by atoms with Gasteiger partial charge in [0.2, 0.25) is 5.95 Å². The molecule has 146 valence electrons. The monoisotopic (exact) mass is 399 g/mol. The highest BCUT2D eigenvalue weighted by molar-refractivity contribution is 6.31. The predicted octanol–water partition coefficient (Wildman–Crippen LogP) is 2.24. The fourth-order valence-electron chi connectivity index (χ4n) is 3.20. The molecular weight excluding hydrogens is 378 g/mol. The minimum atomic E-state index is 0.176. The molecule has 1 aromatic carbocycles. The van der Waals surface area contributed by atoms with Crippen LogP contribution in [-0.2, 0) is 0 Å². The van der Waals surface area contributed by atoms with Crippen molar-refractivity contribution in [3.63, 3.8) is 0 Å². The summed E-state index contributed by atoms with van der Waals surface area (Å²) in [6.45, 7) is 6.14. The van der Waals surface area contributed by atoms with Gasteiger partial charge in [0, 0.05) is 55.8 Å². The minimum Gasteiger partial charge on any atom is -0.395 e.